The summed E-state index contributed by atoms with van der Waals surface area (Å²) in [5.41, 5.74) is 1.19. The van der Waals surface area contributed by atoms with Crippen molar-refractivity contribution in [3.05, 3.63) is 44.5 Å². The molecule has 7 heteroatoms. The van der Waals surface area contributed by atoms with Crippen LogP contribution in [0, 0.1) is 3.57 Å². The highest BCUT2D eigenvalue weighted by Gasteiger charge is 2.13. The van der Waals surface area contributed by atoms with Gasteiger partial charge < -0.3 is 4.74 Å². The number of carbonyl (C=O) groups is 2. The minimum Gasteiger partial charge on any atom is -0.466 e. The predicted molar refractivity (Wildman–Crippen MR) is 89.6 cm³/mol. The van der Waals surface area contributed by atoms with Gasteiger partial charge in [0.15, 0.2) is 5.13 Å². The Morgan fingerprint density at radius 3 is 2.86 bits per heavy atom. The third-order valence-electron chi connectivity index (χ3n) is 2.52. The van der Waals surface area contributed by atoms with Gasteiger partial charge in [-0.1, -0.05) is 12.1 Å². The third kappa shape index (κ3) is 4.50. The van der Waals surface area contributed by atoms with E-state index in [9.17, 15) is 9.59 Å². The molecule has 110 valence electrons. The first-order valence-electron chi connectivity index (χ1n) is 6.26. The Morgan fingerprint density at radius 1 is 1.38 bits per heavy atom. The van der Waals surface area contributed by atoms with Gasteiger partial charge in [-0.2, -0.15) is 0 Å². The summed E-state index contributed by atoms with van der Waals surface area (Å²) < 4.78 is 5.73. The molecule has 0 unspecified atom stereocenters. The van der Waals surface area contributed by atoms with Crippen molar-refractivity contribution >= 4 is 50.9 Å². The fourth-order valence-electron chi connectivity index (χ4n) is 1.62. The summed E-state index contributed by atoms with van der Waals surface area (Å²) in [7, 11) is 0. The average Bonchev–Trinajstić information content (AvgIpc) is 2.86. The average molecular weight is 416 g/mol. The van der Waals surface area contributed by atoms with E-state index in [1.807, 2.05) is 18.2 Å². The zero-order valence-corrected chi connectivity index (χ0v) is 14.2. The molecule has 1 heterocycles. The van der Waals surface area contributed by atoms with E-state index in [0.717, 1.165) is 3.57 Å². The van der Waals surface area contributed by atoms with E-state index in [1.54, 1.807) is 18.4 Å². The second kappa shape index (κ2) is 7.51. The van der Waals surface area contributed by atoms with Gasteiger partial charge >= 0.3 is 5.97 Å². The number of aromatic nitrogens is 1. The highest BCUT2D eigenvalue weighted by molar-refractivity contribution is 14.1. The van der Waals surface area contributed by atoms with Crippen LogP contribution in [0.15, 0.2) is 29.6 Å². The first-order valence-corrected chi connectivity index (χ1v) is 8.22. The summed E-state index contributed by atoms with van der Waals surface area (Å²) in [6.07, 6.45) is 0.114. The number of nitrogens with one attached hydrogen (secondary N) is 1. The first-order chi connectivity index (χ1) is 10.1. The summed E-state index contributed by atoms with van der Waals surface area (Å²) in [6, 6.07) is 7.30. The summed E-state index contributed by atoms with van der Waals surface area (Å²) in [4.78, 5) is 27.7. The number of thiazole rings is 1. The molecular formula is C14H13IN2O3S. The van der Waals surface area contributed by atoms with Crippen LogP contribution >= 0.6 is 33.9 Å². The molecule has 0 bridgehead atoms. The Morgan fingerprint density at radius 2 is 2.14 bits per heavy atom. The molecular weight excluding hydrogens is 403 g/mol. The third-order valence-corrected chi connectivity index (χ3v) is 4.27. The fraction of sp³-hybridized carbons (Fsp3) is 0.214. The monoisotopic (exact) mass is 416 g/mol. The van der Waals surface area contributed by atoms with E-state index < -0.39 is 0 Å². The SMILES string of the molecule is CCOC(=O)Cc1csc(NC(=O)c2ccccc2I)n1. The van der Waals surface area contributed by atoms with Gasteiger partial charge in [-0.15, -0.1) is 11.3 Å². The molecule has 21 heavy (non-hydrogen) atoms. The Hall–Kier alpha value is -1.48. The van der Waals surface area contributed by atoms with Gasteiger partial charge in [-0.25, -0.2) is 4.98 Å². The van der Waals surface area contributed by atoms with Crippen molar-refractivity contribution in [2.45, 2.75) is 13.3 Å². The number of rotatable bonds is 5. The van der Waals surface area contributed by atoms with E-state index in [-0.39, 0.29) is 18.3 Å². The van der Waals surface area contributed by atoms with E-state index in [4.69, 9.17) is 4.74 Å². The van der Waals surface area contributed by atoms with Crippen LogP contribution in [0.2, 0.25) is 0 Å². The molecule has 1 amide bonds. The van der Waals surface area contributed by atoms with Gasteiger partial charge in [0.1, 0.15) is 0 Å². The Kier molecular flexibility index (Phi) is 5.68. The lowest BCUT2D eigenvalue weighted by Gasteiger charge is -2.03. The zero-order valence-electron chi connectivity index (χ0n) is 11.3. The van der Waals surface area contributed by atoms with Gasteiger partial charge in [0, 0.05) is 8.95 Å². The lowest BCUT2D eigenvalue weighted by molar-refractivity contribution is -0.142. The Labute approximate surface area is 139 Å². The molecule has 0 aliphatic carbocycles. The smallest absolute Gasteiger partial charge is 0.311 e. The van der Waals surface area contributed by atoms with E-state index in [1.165, 1.54) is 11.3 Å². The minimum absolute atomic E-state index is 0.114. The fourth-order valence-corrected chi connectivity index (χ4v) is 2.95. The quantitative estimate of drug-likeness (QED) is 0.601. The first kappa shape index (κ1) is 15.9. The van der Waals surface area contributed by atoms with E-state index >= 15 is 0 Å². The molecule has 1 aromatic carbocycles. The molecule has 5 nitrogen and oxygen atoms in total. The normalized spacial score (nSPS) is 10.2. The van der Waals surface area contributed by atoms with Crippen molar-refractivity contribution in [2.75, 3.05) is 11.9 Å². The molecule has 2 aromatic rings. The van der Waals surface area contributed by atoms with Gasteiger partial charge in [-0.05, 0) is 41.6 Å². The van der Waals surface area contributed by atoms with Crippen LogP contribution in [-0.4, -0.2) is 23.5 Å². The molecule has 0 fully saturated rings. The highest BCUT2D eigenvalue weighted by Crippen LogP contribution is 2.19. The largest absolute Gasteiger partial charge is 0.466 e. The minimum atomic E-state index is -0.321. The van der Waals surface area contributed by atoms with Gasteiger partial charge in [0.05, 0.1) is 24.3 Å². The number of esters is 1. The highest BCUT2D eigenvalue weighted by atomic mass is 127. The Bertz CT molecular complexity index is 657. The molecule has 0 saturated carbocycles. The zero-order chi connectivity index (χ0) is 15.2. The number of halogens is 1. The number of hydrogen-bond donors (Lipinski definition) is 1. The van der Waals surface area contributed by atoms with Crippen molar-refractivity contribution in [1.29, 1.82) is 0 Å². The van der Waals surface area contributed by atoms with Crippen molar-refractivity contribution in [1.82, 2.24) is 4.98 Å². The van der Waals surface area contributed by atoms with Crippen LogP contribution < -0.4 is 5.32 Å². The maximum atomic E-state index is 12.1. The number of hydrogen-bond acceptors (Lipinski definition) is 5. The van der Waals surface area contributed by atoms with Crippen LogP contribution in [0.25, 0.3) is 0 Å². The van der Waals surface area contributed by atoms with E-state index in [2.05, 4.69) is 32.9 Å². The second-order valence-electron chi connectivity index (χ2n) is 4.06. The summed E-state index contributed by atoms with van der Waals surface area (Å²) >= 11 is 3.39. The number of carbonyl (C=O) groups excluding carboxylic acids is 2. The Balaban J connectivity index is 2.01. The molecule has 1 aromatic heterocycles. The van der Waals surface area contributed by atoms with Gasteiger partial charge in [-0.3, -0.25) is 14.9 Å². The molecule has 0 aliphatic heterocycles. The number of benzene rings is 1. The van der Waals surface area contributed by atoms with Crippen molar-refractivity contribution in [3.8, 4) is 0 Å². The molecule has 0 aliphatic rings. The summed E-state index contributed by atoms with van der Waals surface area (Å²) in [6.45, 7) is 2.10. The molecule has 2 rings (SSSR count). The van der Waals surface area contributed by atoms with E-state index in [0.29, 0.717) is 23.0 Å². The number of nitrogens with zero attached hydrogens (tertiary/aromatic N) is 1. The van der Waals surface area contributed by atoms with Gasteiger partial charge in [0.2, 0.25) is 0 Å². The van der Waals surface area contributed by atoms with Crippen LogP contribution in [0.1, 0.15) is 23.0 Å². The summed E-state index contributed by atoms with van der Waals surface area (Å²) in [5.74, 6) is -0.532. The molecule has 0 radical (unpaired) electrons. The van der Waals surface area contributed by atoms with Crippen LogP contribution in [0.4, 0.5) is 5.13 Å². The number of amides is 1. The van der Waals surface area contributed by atoms with Crippen LogP contribution in [0.5, 0.6) is 0 Å². The number of anilines is 1. The van der Waals surface area contributed by atoms with Gasteiger partial charge in [0.25, 0.3) is 5.91 Å². The van der Waals surface area contributed by atoms with Crippen molar-refractivity contribution < 1.29 is 14.3 Å². The standard InChI is InChI=1S/C14H13IN2O3S/c1-2-20-12(18)7-9-8-21-14(16-9)17-13(19)10-5-3-4-6-11(10)15/h3-6,8H,2,7H2,1H3,(H,16,17,19). The molecule has 0 spiro atoms. The van der Waals surface area contributed by atoms with Crippen molar-refractivity contribution in [3.63, 3.8) is 0 Å². The molecule has 1 N–H and O–H groups in total. The second-order valence-corrected chi connectivity index (χ2v) is 6.08. The van der Waals surface area contributed by atoms with Crippen molar-refractivity contribution in [2.24, 2.45) is 0 Å². The molecule has 0 atom stereocenters. The predicted octanol–water partition coefficient (Wildman–Crippen LogP) is 3.11. The topological polar surface area (TPSA) is 68.3 Å². The van der Waals surface area contributed by atoms with Crippen LogP contribution in [-0.2, 0) is 16.0 Å². The maximum Gasteiger partial charge on any atom is 0.311 e. The lowest BCUT2D eigenvalue weighted by Crippen LogP contribution is -2.13. The maximum absolute atomic E-state index is 12.1. The lowest BCUT2D eigenvalue weighted by atomic mass is 10.2. The summed E-state index contributed by atoms with van der Waals surface area (Å²) in [5, 5.41) is 4.95. The number of ether oxygens (including phenoxy) is 1. The molecule has 0 saturated heterocycles. The van der Waals surface area contributed by atoms with Crippen LogP contribution in [0.3, 0.4) is 0 Å².